The molecule has 2 aromatic rings. The van der Waals surface area contributed by atoms with E-state index in [1.165, 1.54) is 24.3 Å². The molecule has 0 amide bonds. The highest BCUT2D eigenvalue weighted by Crippen LogP contribution is 2.35. The molecule has 0 spiro atoms. The Kier molecular flexibility index (Phi) is 4.83. The minimum absolute atomic E-state index is 0.00287. The second-order valence-corrected chi connectivity index (χ2v) is 6.76. The van der Waals surface area contributed by atoms with Gasteiger partial charge in [0.15, 0.2) is 0 Å². The van der Waals surface area contributed by atoms with E-state index in [-0.39, 0.29) is 40.6 Å². The number of aromatic hydroxyl groups is 4. The zero-order valence-corrected chi connectivity index (χ0v) is 13.9. The van der Waals surface area contributed by atoms with Gasteiger partial charge in [-0.1, -0.05) is 18.6 Å². The average molecular weight is 342 g/mol. The minimum atomic E-state index is -0.173. The predicted molar refractivity (Wildman–Crippen MR) is 92.8 cm³/mol. The summed E-state index contributed by atoms with van der Waals surface area (Å²) in [4.78, 5) is 12.8. The highest BCUT2D eigenvalue weighted by molar-refractivity contribution is 5.84. The number of benzene rings is 2. The van der Waals surface area contributed by atoms with Crippen LogP contribution < -0.4 is 0 Å². The van der Waals surface area contributed by atoms with Gasteiger partial charge >= 0.3 is 0 Å². The van der Waals surface area contributed by atoms with Crippen LogP contribution in [0.25, 0.3) is 0 Å². The molecule has 0 bridgehead atoms. The number of phenols is 4. The van der Waals surface area contributed by atoms with Crippen molar-refractivity contribution in [2.75, 3.05) is 0 Å². The van der Waals surface area contributed by atoms with Gasteiger partial charge in [-0.15, -0.1) is 0 Å². The topological polar surface area (TPSA) is 98.0 Å². The highest BCUT2D eigenvalue weighted by Gasteiger charge is 2.32. The van der Waals surface area contributed by atoms with Crippen LogP contribution in [0.4, 0.5) is 0 Å². The lowest BCUT2D eigenvalue weighted by Gasteiger charge is -2.28. The highest BCUT2D eigenvalue weighted by atomic mass is 16.3. The Morgan fingerprint density at radius 1 is 0.760 bits per heavy atom. The van der Waals surface area contributed by atoms with Crippen LogP contribution in [0.15, 0.2) is 36.4 Å². The quantitative estimate of drug-likeness (QED) is 0.683. The Morgan fingerprint density at radius 3 is 1.60 bits per heavy atom. The molecule has 25 heavy (non-hydrogen) atoms. The lowest BCUT2D eigenvalue weighted by Crippen LogP contribution is -2.31. The molecule has 5 nitrogen and oxygen atoms in total. The zero-order valence-electron chi connectivity index (χ0n) is 13.9. The molecule has 0 aliphatic heterocycles. The van der Waals surface area contributed by atoms with E-state index < -0.39 is 0 Å². The number of carbonyl (C=O) groups excluding carboxylic acids is 1. The van der Waals surface area contributed by atoms with Gasteiger partial charge in [0, 0.05) is 24.0 Å². The molecule has 0 aromatic heterocycles. The van der Waals surface area contributed by atoms with Crippen LogP contribution in [0.5, 0.6) is 23.0 Å². The molecule has 0 heterocycles. The lowest BCUT2D eigenvalue weighted by molar-refractivity contribution is -0.129. The first-order valence-electron chi connectivity index (χ1n) is 8.49. The minimum Gasteiger partial charge on any atom is -0.508 e. The van der Waals surface area contributed by atoms with E-state index >= 15 is 0 Å². The second kappa shape index (κ2) is 7.05. The number of hydrogen-bond acceptors (Lipinski definition) is 5. The number of carbonyl (C=O) groups is 1. The molecule has 0 saturated heterocycles. The first-order chi connectivity index (χ1) is 11.9. The molecular weight excluding hydrogens is 320 g/mol. The van der Waals surface area contributed by atoms with Gasteiger partial charge in [0.05, 0.1) is 0 Å². The van der Waals surface area contributed by atoms with Crippen molar-refractivity contribution >= 4 is 5.78 Å². The first-order valence-corrected chi connectivity index (χ1v) is 8.49. The van der Waals surface area contributed by atoms with E-state index in [2.05, 4.69) is 0 Å². The van der Waals surface area contributed by atoms with Crippen molar-refractivity contribution in [1.29, 1.82) is 0 Å². The van der Waals surface area contributed by atoms with Crippen molar-refractivity contribution in [1.82, 2.24) is 0 Å². The molecule has 1 saturated carbocycles. The van der Waals surface area contributed by atoms with E-state index in [1.54, 1.807) is 12.1 Å². The van der Waals surface area contributed by atoms with Crippen LogP contribution in [0.3, 0.4) is 0 Å². The molecule has 3 rings (SSSR count). The summed E-state index contributed by atoms with van der Waals surface area (Å²) in [6, 6.07) is 8.88. The van der Waals surface area contributed by atoms with Crippen molar-refractivity contribution in [3.05, 3.63) is 47.5 Å². The molecule has 1 fully saturated rings. The second-order valence-electron chi connectivity index (χ2n) is 6.76. The molecule has 2 atom stereocenters. The van der Waals surface area contributed by atoms with Gasteiger partial charge in [0.1, 0.15) is 28.8 Å². The van der Waals surface area contributed by atoms with E-state index in [0.29, 0.717) is 24.0 Å². The molecule has 2 aromatic carbocycles. The maximum absolute atomic E-state index is 12.8. The molecule has 1 aliphatic rings. The fraction of sp³-hybridized carbons (Fsp3) is 0.350. The van der Waals surface area contributed by atoms with Crippen molar-refractivity contribution in [2.45, 2.75) is 32.1 Å². The Labute approximate surface area is 146 Å². The largest absolute Gasteiger partial charge is 0.508 e. The van der Waals surface area contributed by atoms with Gasteiger partial charge in [0.2, 0.25) is 0 Å². The Morgan fingerprint density at radius 2 is 1.20 bits per heavy atom. The summed E-state index contributed by atoms with van der Waals surface area (Å²) in [5, 5.41) is 38.6. The lowest BCUT2D eigenvalue weighted by atomic mass is 9.75. The summed E-state index contributed by atoms with van der Waals surface area (Å²) in [5.74, 6) is -0.195. The molecule has 4 N–H and O–H groups in total. The maximum Gasteiger partial charge on any atom is 0.139 e. The molecular formula is C20H22O5. The summed E-state index contributed by atoms with van der Waals surface area (Å²) in [6.45, 7) is 0. The molecule has 0 radical (unpaired) electrons. The first kappa shape index (κ1) is 17.1. The molecule has 132 valence electrons. The summed E-state index contributed by atoms with van der Waals surface area (Å²) < 4.78 is 0. The van der Waals surface area contributed by atoms with Crippen LogP contribution >= 0.6 is 0 Å². The maximum atomic E-state index is 12.8. The number of ketones is 1. The van der Waals surface area contributed by atoms with Crippen LogP contribution in [-0.2, 0) is 17.6 Å². The van der Waals surface area contributed by atoms with Gasteiger partial charge in [-0.2, -0.15) is 0 Å². The fourth-order valence-corrected chi connectivity index (χ4v) is 3.61. The third-order valence-electron chi connectivity index (χ3n) is 4.98. The Balaban J connectivity index is 1.72. The van der Waals surface area contributed by atoms with Gasteiger partial charge in [-0.05, 0) is 48.9 Å². The number of Topliss-reactive ketones (excluding diaryl/α,β-unsaturated/α-hetero) is 1. The molecule has 2 unspecified atom stereocenters. The van der Waals surface area contributed by atoms with E-state index in [4.69, 9.17) is 0 Å². The predicted octanol–water partition coefficient (Wildman–Crippen LogP) is 3.28. The van der Waals surface area contributed by atoms with Gasteiger partial charge in [-0.25, -0.2) is 0 Å². The van der Waals surface area contributed by atoms with E-state index in [1.807, 2.05) is 0 Å². The van der Waals surface area contributed by atoms with E-state index in [0.717, 1.165) is 19.3 Å². The number of phenolic OH excluding ortho intramolecular Hbond substituents is 4. The van der Waals surface area contributed by atoms with Crippen molar-refractivity contribution in [3.63, 3.8) is 0 Å². The van der Waals surface area contributed by atoms with Crippen LogP contribution in [-0.4, -0.2) is 26.2 Å². The number of hydrogen-bond donors (Lipinski definition) is 4. The van der Waals surface area contributed by atoms with Crippen molar-refractivity contribution in [3.8, 4) is 23.0 Å². The average Bonchev–Trinajstić information content (AvgIpc) is 2.56. The third-order valence-corrected chi connectivity index (χ3v) is 4.98. The van der Waals surface area contributed by atoms with Crippen LogP contribution in [0, 0.1) is 11.8 Å². The SMILES string of the molecule is O=C1C(Cc2ccc(O)cc2O)CCCC1Cc1ccc(O)cc1O. The van der Waals surface area contributed by atoms with Gasteiger partial charge in [0.25, 0.3) is 0 Å². The zero-order chi connectivity index (χ0) is 18.0. The monoisotopic (exact) mass is 342 g/mol. The normalized spacial score (nSPS) is 20.6. The molecule has 5 heteroatoms. The fourth-order valence-electron chi connectivity index (χ4n) is 3.61. The molecule has 1 aliphatic carbocycles. The standard InChI is InChI=1S/C20H22O5/c21-16-6-4-12(18(23)10-16)8-14-2-1-3-15(20(14)25)9-13-5-7-17(22)11-19(13)24/h4-7,10-11,14-15,21-24H,1-3,8-9H2. The third kappa shape index (κ3) is 3.87. The Bertz CT molecular complexity index is 720. The van der Waals surface area contributed by atoms with E-state index in [9.17, 15) is 25.2 Å². The summed E-state index contributed by atoms with van der Waals surface area (Å²) in [5.41, 5.74) is 1.31. The Hall–Kier alpha value is -2.69. The van der Waals surface area contributed by atoms with Gasteiger partial charge in [-0.3, -0.25) is 4.79 Å². The number of rotatable bonds is 4. The summed E-state index contributed by atoms with van der Waals surface area (Å²) in [6.07, 6.45) is 3.36. The van der Waals surface area contributed by atoms with Crippen molar-refractivity contribution in [2.24, 2.45) is 11.8 Å². The van der Waals surface area contributed by atoms with Crippen LogP contribution in [0.2, 0.25) is 0 Å². The van der Waals surface area contributed by atoms with Crippen molar-refractivity contribution < 1.29 is 25.2 Å². The van der Waals surface area contributed by atoms with Gasteiger partial charge < -0.3 is 20.4 Å². The summed E-state index contributed by atoms with van der Waals surface area (Å²) >= 11 is 0. The smallest absolute Gasteiger partial charge is 0.139 e. The van der Waals surface area contributed by atoms with Crippen LogP contribution in [0.1, 0.15) is 30.4 Å². The summed E-state index contributed by atoms with van der Waals surface area (Å²) in [7, 11) is 0.